The van der Waals surface area contributed by atoms with Crippen molar-refractivity contribution in [3.8, 4) is 5.75 Å². The zero-order valence-electron chi connectivity index (χ0n) is 11.2. The molecule has 0 N–H and O–H groups in total. The van der Waals surface area contributed by atoms with Gasteiger partial charge in [-0.15, -0.1) is 11.8 Å². The molecule has 1 saturated heterocycles. The normalized spacial score (nSPS) is 19.9. The largest absolute Gasteiger partial charge is 0.464 e. The van der Waals surface area contributed by atoms with E-state index in [1.165, 1.54) is 6.07 Å². The molecule has 1 aromatic carbocycles. The van der Waals surface area contributed by atoms with Gasteiger partial charge in [-0.2, -0.15) is 13.2 Å². The third-order valence-corrected chi connectivity index (χ3v) is 3.97. The summed E-state index contributed by atoms with van der Waals surface area (Å²) in [6.45, 7) is 2.42. The minimum absolute atomic E-state index is 0.150. The van der Waals surface area contributed by atoms with Crippen molar-refractivity contribution in [1.82, 2.24) is 0 Å². The van der Waals surface area contributed by atoms with Crippen LogP contribution >= 0.6 is 11.8 Å². The van der Waals surface area contributed by atoms with Crippen LogP contribution in [0, 0.1) is 0 Å². The first-order chi connectivity index (χ1) is 9.52. The average molecular weight is 306 g/mol. The number of halogens is 3. The lowest BCUT2D eigenvalue weighted by Gasteiger charge is -2.25. The third kappa shape index (κ3) is 3.82. The van der Waals surface area contributed by atoms with Crippen LogP contribution < -0.4 is 4.74 Å². The van der Waals surface area contributed by atoms with E-state index in [2.05, 4.69) is 0 Å². The Bertz CT molecular complexity index is 443. The molecule has 0 aromatic heterocycles. The van der Waals surface area contributed by atoms with Crippen molar-refractivity contribution < 1.29 is 22.6 Å². The highest BCUT2D eigenvalue weighted by Crippen LogP contribution is 2.42. The summed E-state index contributed by atoms with van der Waals surface area (Å²) >= 11 is 1.14. The van der Waals surface area contributed by atoms with E-state index in [9.17, 15) is 13.2 Å². The third-order valence-electron chi connectivity index (χ3n) is 2.97. The van der Waals surface area contributed by atoms with Crippen LogP contribution in [0.5, 0.6) is 5.75 Å². The van der Waals surface area contributed by atoms with Crippen molar-refractivity contribution in [3.05, 3.63) is 23.8 Å². The Kier molecular flexibility index (Phi) is 5.21. The van der Waals surface area contributed by atoms with E-state index < -0.39 is 18.0 Å². The van der Waals surface area contributed by atoms with E-state index in [0.717, 1.165) is 30.7 Å². The standard InChI is InChI=1S/C14H17F3O2S/c1-2-20-13-10(14(15,16)17)6-5-7-11(13)19-12-8-3-4-9-18-12/h5-7,12H,2-4,8-9H2,1H3. The van der Waals surface area contributed by atoms with Crippen LogP contribution in [-0.4, -0.2) is 18.6 Å². The lowest BCUT2D eigenvalue weighted by atomic mass is 10.2. The van der Waals surface area contributed by atoms with Crippen LogP contribution in [0.2, 0.25) is 0 Å². The van der Waals surface area contributed by atoms with Crippen molar-refractivity contribution in [3.63, 3.8) is 0 Å². The molecule has 0 saturated carbocycles. The zero-order chi connectivity index (χ0) is 14.6. The number of ether oxygens (including phenoxy) is 2. The van der Waals surface area contributed by atoms with E-state index in [4.69, 9.17) is 9.47 Å². The summed E-state index contributed by atoms with van der Waals surface area (Å²) in [6.07, 6.45) is -2.15. The molecule has 1 heterocycles. The molecule has 1 atom stereocenters. The summed E-state index contributed by atoms with van der Waals surface area (Å²) < 4.78 is 50.1. The highest BCUT2D eigenvalue weighted by molar-refractivity contribution is 7.99. The molecular formula is C14H17F3O2S. The molecule has 0 bridgehead atoms. The summed E-state index contributed by atoms with van der Waals surface area (Å²) in [5.41, 5.74) is -0.641. The van der Waals surface area contributed by atoms with Gasteiger partial charge in [0.05, 0.1) is 17.1 Å². The SMILES string of the molecule is CCSc1c(OC2CCCCO2)cccc1C(F)(F)F. The maximum Gasteiger partial charge on any atom is 0.417 e. The second-order valence-corrected chi connectivity index (χ2v) is 5.75. The molecule has 0 aliphatic carbocycles. The molecule has 2 rings (SSSR count). The van der Waals surface area contributed by atoms with Gasteiger partial charge in [-0.05, 0) is 30.7 Å². The molecule has 112 valence electrons. The Morgan fingerprint density at radius 2 is 2.15 bits per heavy atom. The molecule has 1 fully saturated rings. The van der Waals surface area contributed by atoms with Crippen molar-refractivity contribution in [2.24, 2.45) is 0 Å². The Hall–Kier alpha value is -0.880. The Balaban J connectivity index is 2.26. The average Bonchev–Trinajstić information content (AvgIpc) is 2.41. The first kappa shape index (κ1) is 15.5. The van der Waals surface area contributed by atoms with Gasteiger partial charge in [0.2, 0.25) is 0 Å². The summed E-state index contributed by atoms with van der Waals surface area (Å²) in [7, 11) is 0. The number of alkyl halides is 3. The van der Waals surface area contributed by atoms with Gasteiger partial charge in [0.15, 0.2) is 6.29 Å². The Morgan fingerprint density at radius 1 is 1.35 bits per heavy atom. The predicted octanol–water partition coefficient (Wildman–Crippen LogP) is 4.72. The lowest BCUT2D eigenvalue weighted by molar-refractivity contribution is -0.141. The van der Waals surface area contributed by atoms with Gasteiger partial charge in [-0.1, -0.05) is 13.0 Å². The molecule has 1 aliphatic heterocycles. The first-order valence-electron chi connectivity index (χ1n) is 6.63. The molecule has 0 spiro atoms. The molecule has 0 amide bonds. The van der Waals surface area contributed by atoms with E-state index in [1.54, 1.807) is 6.07 Å². The van der Waals surface area contributed by atoms with Gasteiger partial charge in [0.1, 0.15) is 5.75 Å². The zero-order valence-corrected chi connectivity index (χ0v) is 12.0. The maximum absolute atomic E-state index is 13.0. The van der Waals surface area contributed by atoms with Crippen LogP contribution in [-0.2, 0) is 10.9 Å². The fraction of sp³-hybridized carbons (Fsp3) is 0.571. The van der Waals surface area contributed by atoms with Gasteiger partial charge in [0.25, 0.3) is 0 Å². The monoisotopic (exact) mass is 306 g/mol. The second kappa shape index (κ2) is 6.72. The fourth-order valence-electron chi connectivity index (χ4n) is 2.07. The van der Waals surface area contributed by atoms with Crippen molar-refractivity contribution >= 4 is 11.8 Å². The highest BCUT2D eigenvalue weighted by Gasteiger charge is 2.35. The number of hydrogen-bond acceptors (Lipinski definition) is 3. The lowest BCUT2D eigenvalue weighted by Crippen LogP contribution is -2.25. The van der Waals surface area contributed by atoms with E-state index in [-0.39, 0.29) is 10.6 Å². The van der Waals surface area contributed by atoms with Gasteiger partial charge in [0, 0.05) is 6.42 Å². The molecule has 20 heavy (non-hydrogen) atoms. The fourth-order valence-corrected chi connectivity index (χ4v) is 2.96. The molecule has 1 aliphatic rings. The van der Waals surface area contributed by atoms with Gasteiger partial charge in [-0.25, -0.2) is 0 Å². The van der Waals surface area contributed by atoms with Gasteiger partial charge >= 0.3 is 6.18 Å². The smallest absolute Gasteiger partial charge is 0.417 e. The van der Waals surface area contributed by atoms with Crippen molar-refractivity contribution in [2.45, 2.75) is 43.5 Å². The van der Waals surface area contributed by atoms with E-state index >= 15 is 0 Å². The van der Waals surface area contributed by atoms with E-state index in [1.807, 2.05) is 6.92 Å². The molecule has 6 heteroatoms. The minimum Gasteiger partial charge on any atom is -0.464 e. The molecule has 1 unspecified atom stereocenters. The summed E-state index contributed by atoms with van der Waals surface area (Å²) in [5.74, 6) is 0.813. The quantitative estimate of drug-likeness (QED) is 0.750. The maximum atomic E-state index is 13.0. The van der Waals surface area contributed by atoms with Crippen molar-refractivity contribution in [2.75, 3.05) is 12.4 Å². The second-order valence-electron chi connectivity index (χ2n) is 4.48. The Labute approximate surface area is 120 Å². The van der Waals surface area contributed by atoms with Crippen LogP contribution in [0.4, 0.5) is 13.2 Å². The minimum atomic E-state index is -4.37. The molecule has 0 radical (unpaired) electrons. The number of hydrogen-bond donors (Lipinski definition) is 0. The molecule has 1 aromatic rings. The van der Waals surface area contributed by atoms with Crippen LogP contribution in [0.15, 0.2) is 23.1 Å². The highest BCUT2D eigenvalue weighted by atomic mass is 32.2. The van der Waals surface area contributed by atoms with Gasteiger partial charge < -0.3 is 9.47 Å². The summed E-state index contributed by atoms with van der Waals surface area (Å²) in [4.78, 5) is 0.150. The van der Waals surface area contributed by atoms with Crippen LogP contribution in [0.25, 0.3) is 0 Å². The summed E-state index contributed by atoms with van der Waals surface area (Å²) in [5, 5.41) is 0. The molecular weight excluding hydrogens is 289 g/mol. The number of thioether (sulfide) groups is 1. The number of benzene rings is 1. The van der Waals surface area contributed by atoms with Crippen LogP contribution in [0.3, 0.4) is 0 Å². The first-order valence-corrected chi connectivity index (χ1v) is 7.62. The summed E-state index contributed by atoms with van der Waals surface area (Å²) in [6, 6.07) is 4.04. The predicted molar refractivity (Wildman–Crippen MR) is 72.1 cm³/mol. The Morgan fingerprint density at radius 3 is 2.75 bits per heavy atom. The van der Waals surface area contributed by atoms with E-state index in [0.29, 0.717) is 18.8 Å². The topological polar surface area (TPSA) is 18.5 Å². The number of rotatable bonds is 4. The van der Waals surface area contributed by atoms with Crippen LogP contribution in [0.1, 0.15) is 31.7 Å². The van der Waals surface area contributed by atoms with Gasteiger partial charge in [-0.3, -0.25) is 0 Å². The molecule has 2 nitrogen and oxygen atoms in total. The van der Waals surface area contributed by atoms with Crippen molar-refractivity contribution in [1.29, 1.82) is 0 Å².